The van der Waals surface area contributed by atoms with Crippen molar-refractivity contribution in [2.75, 3.05) is 23.8 Å². The predicted octanol–water partition coefficient (Wildman–Crippen LogP) is 3.31. The van der Waals surface area contributed by atoms with Gasteiger partial charge in [0.2, 0.25) is 0 Å². The Balaban J connectivity index is 2.27. The molecule has 0 unspecified atom stereocenters. The first-order valence-corrected chi connectivity index (χ1v) is 7.02. The second-order valence-corrected chi connectivity index (χ2v) is 4.90. The molecule has 0 spiro atoms. The summed E-state index contributed by atoms with van der Waals surface area (Å²) in [6.45, 7) is 3.83. The third-order valence-corrected chi connectivity index (χ3v) is 3.64. The second kappa shape index (κ2) is 6.52. The van der Waals surface area contributed by atoms with Crippen LogP contribution >= 0.6 is 15.9 Å². The molecule has 0 aliphatic rings. The van der Waals surface area contributed by atoms with Crippen LogP contribution in [0.25, 0.3) is 0 Å². The molecule has 100 valence electrons. The Morgan fingerprint density at radius 2 is 1.95 bits per heavy atom. The first kappa shape index (κ1) is 13.8. The summed E-state index contributed by atoms with van der Waals surface area (Å²) < 4.78 is 0.898. The summed E-state index contributed by atoms with van der Waals surface area (Å²) in [5.74, 6) is 1.71. The van der Waals surface area contributed by atoms with E-state index in [1.165, 1.54) is 5.56 Å². The Kier molecular flexibility index (Phi) is 4.74. The lowest BCUT2D eigenvalue weighted by atomic mass is 10.2. The van der Waals surface area contributed by atoms with E-state index in [1.807, 2.05) is 13.1 Å². The van der Waals surface area contributed by atoms with Crippen molar-refractivity contribution >= 4 is 27.6 Å². The largest absolute Gasteiger partial charge is 0.372 e. The van der Waals surface area contributed by atoms with Crippen molar-refractivity contribution in [1.82, 2.24) is 9.97 Å². The fraction of sp³-hybridized carbons (Fsp3) is 0.286. The van der Waals surface area contributed by atoms with Gasteiger partial charge in [0.25, 0.3) is 0 Å². The molecular weight excluding hydrogens is 304 g/mol. The summed E-state index contributed by atoms with van der Waals surface area (Å²) in [5, 5.41) is 3.05. The summed E-state index contributed by atoms with van der Waals surface area (Å²) in [5.41, 5.74) is 1.26. The van der Waals surface area contributed by atoms with Gasteiger partial charge in [-0.25, -0.2) is 9.97 Å². The number of benzene rings is 1. The molecule has 0 saturated carbocycles. The Morgan fingerprint density at radius 1 is 1.21 bits per heavy atom. The quantitative estimate of drug-likeness (QED) is 0.917. The summed E-state index contributed by atoms with van der Waals surface area (Å²) in [6, 6.07) is 10.4. The fourth-order valence-electron chi connectivity index (χ4n) is 1.90. The van der Waals surface area contributed by atoms with Crippen molar-refractivity contribution in [2.45, 2.75) is 13.5 Å². The lowest BCUT2D eigenvalue weighted by Gasteiger charge is -2.23. The third kappa shape index (κ3) is 3.23. The number of anilines is 2. The van der Waals surface area contributed by atoms with E-state index in [1.54, 1.807) is 6.33 Å². The van der Waals surface area contributed by atoms with Crippen LogP contribution in [0.3, 0.4) is 0 Å². The van der Waals surface area contributed by atoms with Crippen molar-refractivity contribution in [3.63, 3.8) is 0 Å². The van der Waals surface area contributed by atoms with Crippen LogP contribution in [0, 0.1) is 0 Å². The number of hydrogen-bond donors (Lipinski definition) is 1. The molecule has 4 nitrogen and oxygen atoms in total. The standard InChI is InChI=1S/C14H17BrN4/c1-3-19(9-11-7-5-4-6-8-11)14-12(15)13(16-2)17-10-18-14/h4-8,10H,3,9H2,1-2H3,(H,16,17,18). The van der Waals surface area contributed by atoms with Crippen molar-refractivity contribution in [3.05, 3.63) is 46.7 Å². The molecule has 0 saturated heterocycles. The highest BCUT2D eigenvalue weighted by molar-refractivity contribution is 9.10. The van der Waals surface area contributed by atoms with Crippen LogP contribution in [0.4, 0.5) is 11.6 Å². The zero-order chi connectivity index (χ0) is 13.7. The molecule has 1 aromatic carbocycles. The predicted molar refractivity (Wildman–Crippen MR) is 82.4 cm³/mol. The molecule has 0 aliphatic heterocycles. The number of nitrogens with zero attached hydrogens (tertiary/aromatic N) is 3. The van der Waals surface area contributed by atoms with Crippen LogP contribution in [0.1, 0.15) is 12.5 Å². The molecule has 0 aliphatic carbocycles. The third-order valence-electron chi connectivity index (χ3n) is 2.91. The number of hydrogen-bond acceptors (Lipinski definition) is 4. The molecule has 0 atom stereocenters. The van der Waals surface area contributed by atoms with Gasteiger partial charge in [-0.3, -0.25) is 0 Å². The molecule has 2 aromatic rings. The van der Waals surface area contributed by atoms with E-state index in [9.17, 15) is 0 Å². The summed E-state index contributed by atoms with van der Waals surface area (Å²) in [4.78, 5) is 10.8. The number of halogens is 1. The molecule has 0 amide bonds. The summed E-state index contributed by atoms with van der Waals surface area (Å²) in [7, 11) is 1.85. The maximum atomic E-state index is 4.38. The van der Waals surface area contributed by atoms with E-state index in [0.717, 1.165) is 29.2 Å². The van der Waals surface area contributed by atoms with Crippen molar-refractivity contribution in [2.24, 2.45) is 0 Å². The van der Waals surface area contributed by atoms with E-state index >= 15 is 0 Å². The van der Waals surface area contributed by atoms with Gasteiger partial charge < -0.3 is 10.2 Å². The van der Waals surface area contributed by atoms with Crippen LogP contribution in [0.5, 0.6) is 0 Å². The van der Waals surface area contributed by atoms with Crippen molar-refractivity contribution in [1.29, 1.82) is 0 Å². The highest BCUT2D eigenvalue weighted by Gasteiger charge is 2.13. The van der Waals surface area contributed by atoms with E-state index in [2.05, 4.69) is 67.3 Å². The molecular formula is C14H17BrN4. The lowest BCUT2D eigenvalue weighted by molar-refractivity contribution is 0.807. The van der Waals surface area contributed by atoms with Gasteiger partial charge in [-0.1, -0.05) is 30.3 Å². The van der Waals surface area contributed by atoms with Gasteiger partial charge in [0.15, 0.2) is 0 Å². The Morgan fingerprint density at radius 3 is 2.58 bits per heavy atom. The SMILES string of the molecule is CCN(Cc1ccccc1)c1ncnc(NC)c1Br. The summed E-state index contributed by atoms with van der Waals surface area (Å²) >= 11 is 3.57. The first-order valence-electron chi connectivity index (χ1n) is 6.23. The fourth-order valence-corrected chi connectivity index (χ4v) is 2.55. The number of nitrogens with one attached hydrogen (secondary N) is 1. The van der Waals surface area contributed by atoms with E-state index in [-0.39, 0.29) is 0 Å². The average molecular weight is 321 g/mol. The molecule has 19 heavy (non-hydrogen) atoms. The topological polar surface area (TPSA) is 41.1 Å². The van der Waals surface area contributed by atoms with Crippen LogP contribution < -0.4 is 10.2 Å². The highest BCUT2D eigenvalue weighted by Crippen LogP contribution is 2.29. The van der Waals surface area contributed by atoms with Crippen LogP contribution in [0.2, 0.25) is 0 Å². The average Bonchev–Trinajstić information content (AvgIpc) is 2.46. The first-order chi connectivity index (χ1) is 9.26. The van der Waals surface area contributed by atoms with Gasteiger partial charge in [-0.2, -0.15) is 0 Å². The van der Waals surface area contributed by atoms with E-state index < -0.39 is 0 Å². The van der Waals surface area contributed by atoms with Crippen molar-refractivity contribution < 1.29 is 0 Å². The van der Waals surface area contributed by atoms with Gasteiger partial charge in [0, 0.05) is 20.1 Å². The molecule has 1 aromatic heterocycles. The molecule has 5 heteroatoms. The van der Waals surface area contributed by atoms with Gasteiger partial charge >= 0.3 is 0 Å². The monoisotopic (exact) mass is 320 g/mol. The second-order valence-electron chi connectivity index (χ2n) is 4.11. The van der Waals surface area contributed by atoms with Gasteiger partial charge in [-0.15, -0.1) is 0 Å². The zero-order valence-corrected chi connectivity index (χ0v) is 12.7. The minimum Gasteiger partial charge on any atom is -0.372 e. The summed E-state index contributed by atoms with van der Waals surface area (Å²) in [6.07, 6.45) is 1.58. The van der Waals surface area contributed by atoms with E-state index in [0.29, 0.717) is 0 Å². The number of rotatable bonds is 5. The lowest BCUT2D eigenvalue weighted by Crippen LogP contribution is -2.24. The Labute approximate surface area is 122 Å². The minimum absolute atomic E-state index is 0.802. The zero-order valence-electron chi connectivity index (χ0n) is 11.1. The van der Waals surface area contributed by atoms with Crippen molar-refractivity contribution in [3.8, 4) is 0 Å². The maximum absolute atomic E-state index is 4.38. The smallest absolute Gasteiger partial charge is 0.148 e. The van der Waals surface area contributed by atoms with E-state index in [4.69, 9.17) is 0 Å². The molecule has 0 bridgehead atoms. The molecule has 1 N–H and O–H groups in total. The van der Waals surface area contributed by atoms with Gasteiger partial charge in [-0.05, 0) is 28.4 Å². The Bertz CT molecular complexity index is 530. The highest BCUT2D eigenvalue weighted by atomic mass is 79.9. The molecule has 0 radical (unpaired) electrons. The molecule has 2 rings (SSSR count). The Hall–Kier alpha value is -1.62. The van der Waals surface area contributed by atoms with Crippen LogP contribution in [0.15, 0.2) is 41.1 Å². The molecule has 0 fully saturated rings. The van der Waals surface area contributed by atoms with Gasteiger partial charge in [0.05, 0.1) is 0 Å². The van der Waals surface area contributed by atoms with Gasteiger partial charge in [0.1, 0.15) is 22.4 Å². The maximum Gasteiger partial charge on any atom is 0.148 e. The van der Waals surface area contributed by atoms with Crippen LogP contribution in [-0.4, -0.2) is 23.6 Å². The minimum atomic E-state index is 0.802. The number of aromatic nitrogens is 2. The molecule has 1 heterocycles. The van der Waals surface area contributed by atoms with Crippen LogP contribution in [-0.2, 0) is 6.54 Å². The normalized spacial score (nSPS) is 10.3.